The SMILES string of the molecule is Cc1cc([C@@H](C)Nc2ccccc2C(=O)O)c2nc(C)c(C#N)nc2c1. The van der Waals surface area contributed by atoms with Gasteiger partial charge in [-0.2, -0.15) is 5.26 Å². The van der Waals surface area contributed by atoms with Crippen molar-refractivity contribution in [3.8, 4) is 6.07 Å². The summed E-state index contributed by atoms with van der Waals surface area (Å²) in [7, 11) is 0. The van der Waals surface area contributed by atoms with Crippen LogP contribution < -0.4 is 5.32 Å². The Kier molecular flexibility index (Phi) is 4.55. The number of aromatic nitrogens is 2. The molecule has 0 aliphatic carbocycles. The zero-order valence-corrected chi connectivity index (χ0v) is 14.7. The fourth-order valence-corrected chi connectivity index (χ4v) is 2.96. The summed E-state index contributed by atoms with van der Waals surface area (Å²) in [6.45, 7) is 5.66. The molecule has 1 heterocycles. The fourth-order valence-electron chi connectivity index (χ4n) is 2.96. The maximum absolute atomic E-state index is 11.4. The fraction of sp³-hybridized carbons (Fsp3) is 0.200. The molecule has 0 unspecified atom stereocenters. The van der Waals surface area contributed by atoms with Crippen LogP contribution in [0.1, 0.15) is 45.8 Å². The summed E-state index contributed by atoms with van der Waals surface area (Å²) in [6.07, 6.45) is 0. The first-order valence-electron chi connectivity index (χ1n) is 8.18. The Morgan fingerprint density at radius 2 is 1.96 bits per heavy atom. The highest BCUT2D eigenvalue weighted by Gasteiger charge is 2.17. The quantitative estimate of drug-likeness (QED) is 0.741. The van der Waals surface area contributed by atoms with Gasteiger partial charge in [0.15, 0.2) is 5.69 Å². The number of carbonyl (C=O) groups is 1. The highest BCUT2D eigenvalue weighted by molar-refractivity contribution is 5.94. The maximum Gasteiger partial charge on any atom is 0.337 e. The summed E-state index contributed by atoms with van der Waals surface area (Å²) >= 11 is 0. The largest absolute Gasteiger partial charge is 0.478 e. The van der Waals surface area contributed by atoms with Gasteiger partial charge in [0.1, 0.15) is 6.07 Å². The molecule has 0 amide bonds. The van der Waals surface area contributed by atoms with Gasteiger partial charge < -0.3 is 10.4 Å². The number of hydrogen-bond acceptors (Lipinski definition) is 5. The number of para-hydroxylation sites is 1. The normalized spacial score (nSPS) is 11.8. The summed E-state index contributed by atoms with van der Waals surface area (Å²) in [4.78, 5) is 20.4. The molecule has 0 spiro atoms. The van der Waals surface area contributed by atoms with Crippen molar-refractivity contribution in [2.24, 2.45) is 0 Å². The lowest BCUT2D eigenvalue weighted by atomic mass is 10.0. The maximum atomic E-state index is 11.4. The molecular formula is C20H18N4O2. The van der Waals surface area contributed by atoms with Gasteiger partial charge in [-0.25, -0.2) is 14.8 Å². The molecule has 3 rings (SSSR count). The number of benzene rings is 2. The number of anilines is 1. The average molecular weight is 346 g/mol. The minimum absolute atomic E-state index is 0.195. The Hall–Kier alpha value is -3.46. The van der Waals surface area contributed by atoms with Gasteiger partial charge in [0, 0.05) is 11.3 Å². The minimum Gasteiger partial charge on any atom is -0.478 e. The summed E-state index contributed by atoms with van der Waals surface area (Å²) in [5, 5.41) is 21.8. The first-order chi connectivity index (χ1) is 12.4. The van der Waals surface area contributed by atoms with Gasteiger partial charge >= 0.3 is 5.97 Å². The monoisotopic (exact) mass is 346 g/mol. The predicted molar refractivity (Wildman–Crippen MR) is 99.2 cm³/mol. The zero-order chi connectivity index (χ0) is 18.8. The van der Waals surface area contributed by atoms with Crippen LogP contribution in [-0.4, -0.2) is 21.0 Å². The number of aromatic carboxylic acids is 1. The molecule has 0 radical (unpaired) electrons. The zero-order valence-electron chi connectivity index (χ0n) is 14.7. The smallest absolute Gasteiger partial charge is 0.337 e. The molecule has 2 N–H and O–H groups in total. The number of fused-ring (bicyclic) bond motifs is 1. The van der Waals surface area contributed by atoms with Gasteiger partial charge in [-0.1, -0.05) is 18.2 Å². The van der Waals surface area contributed by atoms with Crippen LogP contribution in [0.15, 0.2) is 36.4 Å². The lowest BCUT2D eigenvalue weighted by Gasteiger charge is -2.19. The number of rotatable bonds is 4. The van der Waals surface area contributed by atoms with E-state index >= 15 is 0 Å². The minimum atomic E-state index is -0.983. The van der Waals surface area contributed by atoms with Crippen molar-refractivity contribution in [2.75, 3.05) is 5.32 Å². The van der Waals surface area contributed by atoms with Crippen LogP contribution in [0.25, 0.3) is 11.0 Å². The van der Waals surface area contributed by atoms with Gasteiger partial charge in [0.05, 0.1) is 28.3 Å². The first-order valence-corrected chi connectivity index (χ1v) is 8.18. The molecule has 0 saturated carbocycles. The van der Waals surface area contributed by atoms with Crippen molar-refractivity contribution in [1.29, 1.82) is 5.26 Å². The van der Waals surface area contributed by atoms with Gasteiger partial charge in [-0.3, -0.25) is 0 Å². The Labute approximate surface area is 151 Å². The molecular weight excluding hydrogens is 328 g/mol. The Morgan fingerprint density at radius 3 is 2.65 bits per heavy atom. The third-order valence-corrected chi connectivity index (χ3v) is 4.22. The number of hydrogen-bond donors (Lipinski definition) is 2. The lowest BCUT2D eigenvalue weighted by molar-refractivity contribution is 0.0698. The highest BCUT2D eigenvalue weighted by Crippen LogP contribution is 2.28. The Bertz CT molecular complexity index is 1050. The van der Waals surface area contributed by atoms with Gasteiger partial charge in [0.2, 0.25) is 0 Å². The summed E-state index contributed by atoms with van der Waals surface area (Å²) in [5.74, 6) is -0.983. The molecule has 6 heteroatoms. The van der Waals surface area contributed by atoms with Crippen molar-refractivity contribution >= 4 is 22.7 Å². The third kappa shape index (κ3) is 3.20. The number of carboxylic acid groups (broad SMARTS) is 1. The molecule has 0 fully saturated rings. The second-order valence-electron chi connectivity index (χ2n) is 6.21. The van der Waals surface area contributed by atoms with E-state index in [0.29, 0.717) is 28.1 Å². The molecule has 2 aromatic carbocycles. The van der Waals surface area contributed by atoms with Gasteiger partial charge in [-0.15, -0.1) is 0 Å². The second-order valence-corrected chi connectivity index (χ2v) is 6.21. The Morgan fingerprint density at radius 1 is 1.23 bits per heavy atom. The third-order valence-electron chi connectivity index (χ3n) is 4.22. The van der Waals surface area contributed by atoms with E-state index in [2.05, 4.69) is 21.4 Å². The molecule has 6 nitrogen and oxygen atoms in total. The standard InChI is InChI=1S/C20H18N4O2/c1-11-8-15(19-17(9-11)24-18(10-21)13(3)23-19)12(2)22-16-7-5-4-6-14(16)20(25)26/h4-9,12,22H,1-3H3,(H,25,26)/t12-/m1/s1. The van der Waals surface area contributed by atoms with E-state index in [9.17, 15) is 15.2 Å². The van der Waals surface area contributed by atoms with Crippen LogP contribution in [0.2, 0.25) is 0 Å². The van der Waals surface area contributed by atoms with Gasteiger partial charge in [0.25, 0.3) is 0 Å². The van der Waals surface area contributed by atoms with Crippen molar-refractivity contribution in [3.63, 3.8) is 0 Å². The summed E-state index contributed by atoms with van der Waals surface area (Å²) < 4.78 is 0. The number of carboxylic acids is 1. The second kappa shape index (κ2) is 6.81. The number of aryl methyl sites for hydroxylation is 2. The molecule has 0 bridgehead atoms. The van der Waals surface area contributed by atoms with Crippen LogP contribution in [-0.2, 0) is 0 Å². The van der Waals surface area contributed by atoms with Crippen LogP contribution >= 0.6 is 0 Å². The lowest BCUT2D eigenvalue weighted by Crippen LogP contribution is -2.12. The van der Waals surface area contributed by atoms with E-state index in [1.54, 1.807) is 31.2 Å². The molecule has 0 aliphatic rings. The van der Waals surface area contributed by atoms with Crippen LogP contribution in [0.3, 0.4) is 0 Å². The van der Waals surface area contributed by atoms with E-state index in [0.717, 1.165) is 11.1 Å². The van der Waals surface area contributed by atoms with Crippen LogP contribution in [0, 0.1) is 25.2 Å². The van der Waals surface area contributed by atoms with Crippen LogP contribution in [0.5, 0.6) is 0 Å². The predicted octanol–water partition coefficient (Wildman–Crippen LogP) is 3.99. The molecule has 1 atom stereocenters. The molecule has 1 aromatic heterocycles. The molecule has 0 saturated heterocycles. The van der Waals surface area contributed by atoms with E-state index < -0.39 is 5.97 Å². The van der Waals surface area contributed by atoms with E-state index in [1.165, 1.54) is 0 Å². The van der Waals surface area contributed by atoms with Crippen LogP contribution in [0.4, 0.5) is 5.69 Å². The van der Waals surface area contributed by atoms with E-state index in [1.807, 2.05) is 26.0 Å². The molecule has 26 heavy (non-hydrogen) atoms. The first kappa shape index (κ1) is 17.4. The number of nitriles is 1. The van der Waals surface area contributed by atoms with Gasteiger partial charge in [-0.05, 0) is 44.5 Å². The van der Waals surface area contributed by atoms with Crippen molar-refractivity contribution in [1.82, 2.24) is 9.97 Å². The Balaban J connectivity index is 2.09. The topological polar surface area (TPSA) is 98.9 Å². The summed E-state index contributed by atoms with van der Waals surface area (Å²) in [6, 6.07) is 12.6. The number of nitrogens with one attached hydrogen (secondary N) is 1. The van der Waals surface area contributed by atoms with E-state index in [-0.39, 0.29) is 11.6 Å². The van der Waals surface area contributed by atoms with Crippen molar-refractivity contribution in [3.05, 3.63) is 64.5 Å². The number of nitrogens with zero attached hydrogens (tertiary/aromatic N) is 3. The van der Waals surface area contributed by atoms with E-state index in [4.69, 9.17) is 0 Å². The molecule has 3 aromatic rings. The van der Waals surface area contributed by atoms with Crippen molar-refractivity contribution < 1.29 is 9.90 Å². The highest BCUT2D eigenvalue weighted by atomic mass is 16.4. The van der Waals surface area contributed by atoms with Crippen molar-refractivity contribution in [2.45, 2.75) is 26.8 Å². The molecule has 130 valence electrons. The summed E-state index contributed by atoms with van der Waals surface area (Å²) in [5.41, 5.74) is 4.90. The molecule has 0 aliphatic heterocycles. The average Bonchev–Trinajstić information content (AvgIpc) is 2.61.